The van der Waals surface area contributed by atoms with Gasteiger partial charge in [0.2, 0.25) is 15.9 Å². The molecule has 6 nitrogen and oxygen atoms in total. The van der Waals surface area contributed by atoms with Crippen LogP contribution in [-0.2, 0) is 14.8 Å². The molecule has 2 N–H and O–H groups in total. The highest BCUT2D eigenvalue weighted by Gasteiger charge is 2.37. The van der Waals surface area contributed by atoms with Crippen molar-refractivity contribution in [3.8, 4) is 0 Å². The molecule has 0 aliphatic carbocycles. The molecule has 0 spiro atoms. The van der Waals surface area contributed by atoms with Crippen LogP contribution in [0.2, 0.25) is 0 Å². The van der Waals surface area contributed by atoms with Gasteiger partial charge in [0.15, 0.2) is 0 Å². The summed E-state index contributed by atoms with van der Waals surface area (Å²) in [6.45, 7) is 0.528. The van der Waals surface area contributed by atoms with Crippen LogP contribution in [0.1, 0.15) is 0 Å². The van der Waals surface area contributed by atoms with Gasteiger partial charge in [-0.05, 0) is 12.1 Å². The maximum absolute atomic E-state index is 13.2. The number of hydrogen-bond acceptors (Lipinski definition) is 4. The van der Waals surface area contributed by atoms with E-state index in [1.54, 1.807) is 0 Å². The van der Waals surface area contributed by atoms with E-state index in [0.29, 0.717) is 12.6 Å². The zero-order valence-electron chi connectivity index (χ0n) is 11.3. The third-order valence-corrected chi connectivity index (χ3v) is 5.07. The lowest BCUT2D eigenvalue weighted by molar-refractivity contribution is -0.124. The Hall–Kier alpha value is -1.58. The Morgan fingerprint density at radius 3 is 2.52 bits per heavy atom. The summed E-state index contributed by atoms with van der Waals surface area (Å²) in [5.41, 5.74) is 0. The normalized spacial score (nSPS) is 20.2. The molecule has 0 saturated carbocycles. The lowest BCUT2D eigenvalue weighted by Gasteiger charge is -2.33. The van der Waals surface area contributed by atoms with Crippen LogP contribution in [0.4, 0.5) is 8.78 Å². The standard InChI is InChI=1S/C12H15F2N3O3S/c1-15-12(18)11-7-16-2-3-17(11)21(19,20)10-5-8(13)4-9(14)6-10/h4-6,11,16H,2-3,7H2,1H3,(H,15,18). The van der Waals surface area contributed by atoms with Crippen molar-refractivity contribution >= 4 is 15.9 Å². The second-order valence-corrected chi connectivity index (χ2v) is 6.45. The van der Waals surface area contributed by atoms with Crippen molar-refractivity contribution in [2.75, 3.05) is 26.7 Å². The van der Waals surface area contributed by atoms with Gasteiger partial charge in [-0.25, -0.2) is 17.2 Å². The van der Waals surface area contributed by atoms with E-state index >= 15 is 0 Å². The largest absolute Gasteiger partial charge is 0.358 e. The average molecular weight is 319 g/mol. The van der Waals surface area contributed by atoms with Gasteiger partial charge in [-0.2, -0.15) is 4.31 Å². The maximum Gasteiger partial charge on any atom is 0.244 e. The molecule has 1 aliphatic rings. The molecule has 0 bridgehead atoms. The molecule has 1 amide bonds. The Morgan fingerprint density at radius 1 is 1.33 bits per heavy atom. The molecule has 1 aliphatic heterocycles. The van der Waals surface area contributed by atoms with Gasteiger partial charge in [0.05, 0.1) is 4.90 Å². The van der Waals surface area contributed by atoms with Crippen LogP contribution in [0, 0.1) is 11.6 Å². The quantitative estimate of drug-likeness (QED) is 0.800. The van der Waals surface area contributed by atoms with E-state index in [4.69, 9.17) is 0 Å². The Labute approximate surface area is 121 Å². The number of nitrogens with zero attached hydrogens (tertiary/aromatic N) is 1. The minimum Gasteiger partial charge on any atom is -0.358 e. The fourth-order valence-electron chi connectivity index (χ4n) is 2.18. The summed E-state index contributed by atoms with van der Waals surface area (Å²) in [6, 6.07) is 1.11. The molecule has 9 heteroatoms. The molecule has 2 rings (SSSR count). The molecule has 1 saturated heterocycles. The molecular weight excluding hydrogens is 304 g/mol. The van der Waals surface area contributed by atoms with Gasteiger partial charge in [0.1, 0.15) is 17.7 Å². The number of likely N-dealkylation sites (N-methyl/N-ethyl adjacent to an activating group) is 1. The lowest BCUT2D eigenvalue weighted by atomic mass is 10.2. The minimum absolute atomic E-state index is 0.0402. The van der Waals surface area contributed by atoms with Gasteiger partial charge in [0.25, 0.3) is 0 Å². The van der Waals surface area contributed by atoms with Gasteiger partial charge >= 0.3 is 0 Å². The van der Waals surface area contributed by atoms with Crippen molar-refractivity contribution in [3.05, 3.63) is 29.8 Å². The average Bonchev–Trinajstić information content (AvgIpc) is 2.45. The molecule has 0 radical (unpaired) electrons. The van der Waals surface area contributed by atoms with Crippen molar-refractivity contribution < 1.29 is 22.0 Å². The predicted molar refractivity (Wildman–Crippen MR) is 71.0 cm³/mol. The smallest absolute Gasteiger partial charge is 0.244 e. The summed E-state index contributed by atoms with van der Waals surface area (Å²) in [6.07, 6.45) is 0. The van der Waals surface area contributed by atoms with Crippen molar-refractivity contribution in [2.45, 2.75) is 10.9 Å². The van der Waals surface area contributed by atoms with Crippen molar-refractivity contribution in [2.24, 2.45) is 0 Å². The predicted octanol–water partition coefficient (Wildman–Crippen LogP) is -0.327. The first-order valence-electron chi connectivity index (χ1n) is 6.26. The van der Waals surface area contributed by atoms with Crippen LogP contribution in [0.15, 0.2) is 23.1 Å². The number of halogens is 2. The monoisotopic (exact) mass is 319 g/mol. The summed E-state index contributed by atoms with van der Waals surface area (Å²) >= 11 is 0. The van der Waals surface area contributed by atoms with E-state index in [9.17, 15) is 22.0 Å². The van der Waals surface area contributed by atoms with Crippen LogP contribution >= 0.6 is 0 Å². The fourth-order valence-corrected chi connectivity index (χ4v) is 3.81. The van der Waals surface area contributed by atoms with Crippen LogP contribution < -0.4 is 10.6 Å². The van der Waals surface area contributed by atoms with E-state index in [2.05, 4.69) is 10.6 Å². The lowest BCUT2D eigenvalue weighted by Crippen LogP contribution is -2.59. The number of nitrogens with one attached hydrogen (secondary N) is 2. The third kappa shape index (κ3) is 3.20. The highest BCUT2D eigenvalue weighted by Crippen LogP contribution is 2.21. The molecular formula is C12H15F2N3O3S. The number of hydrogen-bond donors (Lipinski definition) is 2. The van der Waals surface area contributed by atoms with Crippen LogP contribution in [0.25, 0.3) is 0 Å². The van der Waals surface area contributed by atoms with Crippen LogP contribution in [-0.4, -0.2) is 51.4 Å². The highest BCUT2D eigenvalue weighted by atomic mass is 32.2. The van der Waals surface area contributed by atoms with E-state index < -0.39 is 38.5 Å². The van der Waals surface area contributed by atoms with E-state index in [1.807, 2.05) is 0 Å². The summed E-state index contributed by atoms with van der Waals surface area (Å²) in [5, 5.41) is 5.29. The fraction of sp³-hybridized carbons (Fsp3) is 0.417. The molecule has 116 valence electrons. The number of carbonyl (C=O) groups is 1. The number of benzene rings is 1. The molecule has 1 heterocycles. The minimum atomic E-state index is -4.16. The number of piperazine rings is 1. The van der Waals surface area contributed by atoms with Gasteiger partial charge in [-0.15, -0.1) is 0 Å². The Morgan fingerprint density at radius 2 is 1.95 bits per heavy atom. The maximum atomic E-state index is 13.2. The highest BCUT2D eigenvalue weighted by molar-refractivity contribution is 7.89. The zero-order valence-corrected chi connectivity index (χ0v) is 12.1. The zero-order chi connectivity index (χ0) is 15.6. The molecule has 1 aromatic carbocycles. The van der Waals surface area contributed by atoms with Crippen molar-refractivity contribution in [3.63, 3.8) is 0 Å². The topological polar surface area (TPSA) is 78.5 Å². The molecule has 0 aromatic heterocycles. The number of rotatable bonds is 3. The number of amides is 1. The van der Waals surface area contributed by atoms with Gasteiger partial charge in [-0.1, -0.05) is 0 Å². The molecule has 1 atom stereocenters. The van der Waals surface area contributed by atoms with E-state index in [0.717, 1.165) is 16.4 Å². The SMILES string of the molecule is CNC(=O)C1CNCCN1S(=O)(=O)c1cc(F)cc(F)c1. The number of carbonyl (C=O) groups excluding carboxylic acids is 1. The van der Waals surface area contributed by atoms with Gasteiger partial charge < -0.3 is 10.6 Å². The first-order chi connectivity index (χ1) is 9.86. The van der Waals surface area contributed by atoms with Crippen molar-refractivity contribution in [1.29, 1.82) is 0 Å². The third-order valence-electron chi connectivity index (χ3n) is 3.19. The van der Waals surface area contributed by atoms with E-state index in [1.165, 1.54) is 7.05 Å². The summed E-state index contributed by atoms with van der Waals surface area (Å²) in [5.74, 6) is -2.46. The summed E-state index contributed by atoms with van der Waals surface area (Å²) in [7, 11) is -2.77. The van der Waals surface area contributed by atoms with Gasteiger partial charge in [0, 0.05) is 32.7 Å². The molecule has 1 fully saturated rings. The Kier molecular flexibility index (Phi) is 4.55. The second kappa shape index (κ2) is 6.04. The molecule has 1 aromatic rings. The summed E-state index contributed by atoms with van der Waals surface area (Å²) < 4.78 is 52.4. The first-order valence-corrected chi connectivity index (χ1v) is 7.70. The van der Waals surface area contributed by atoms with Crippen LogP contribution in [0.3, 0.4) is 0 Å². The Balaban J connectivity index is 2.42. The number of sulfonamides is 1. The van der Waals surface area contributed by atoms with Gasteiger partial charge in [-0.3, -0.25) is 4.79 Å². The second-order valence-electron chi connectivity index (χ2n) is 4.56. The Bertz CT molecular complexity index is 631. The van der Waals surface area contributed by atoms with Crippen molar-refractivity contribution in [1.82, 2.24) is 14.9 Å². The first kappa shape index (κ1) is 15.8. The summed E-state index contributed by atoms with van der Waals surface area (Å²) in [4.78, 5) is 11.3. The molecule has 1 unspecified atom stereocenters. The molecule has 21 heavy (non-hydrogen) atoms. The van der Waals surface area contributed by atoms with Crippen LogP contribution in [0.5, 0.6) is 0 Å². The van der Waals surface area contributed by atoms with E-state index in [-0.39, 0.29) is 13.1 Å².